The maximum absolute atomic E-state index is 12.3. The molecule has 1 atom stereocenters. The van der Waals surface area contributed by atoms with Crippen LogP contribution in [0.1, 0.15) is 47.8 Å². The quantitative estimate of drug-likeness (QED) is 0.797. The molecule has 1 unspecified atom stereocenters. The molecule has 21 heavy (non-hydrogen) atoms. The van der Waals surface area contributed by atoms with Crippen LogP contribution < -0.4 is 5.01 Å². The highest BCUT2D eigenvalue weighted by Gasteiger charge is 2.38. The van der Waals surface area contributed by atoms with Crippen molar-refractivity contribution in [1.29, 1.82) is 0 Å². The molecule has 2 heterocycles. The highest BCUT2D eigenvalue weighted by molar-refractivity contribution is 5.98. The van der Waals surface area contributed by atoms with E-state index in [1.165, 1.54) is 10.9 Å². The van der Waals surface area contributed by atoms with Crippen LogP contribution in [0.2, 0.25) is 0 Å². The highest BCUT2D eigenvalue weighted by atomic mass is 16.6. The number of carbonyl (C=O) groups excluding carboxylic acids is 1. The molecule has 0 spiro atoms. The van der Waals surface area contributed by atoms with E-state index < -0.39 is 23.3 Å². The number of ether oxygens (including phenoxy) is 1. The van der Waals surface area contributed by atoms with Crippen LogP contribution in [-0.2, 0) is 4.74 Å². The predicted octanol–water partition coefficient (Wildman–Crippen LogP) is 2.53. The average molecular weight is 294 g/mol. The molecular formula is C14H22N4O3. The van der Waals surface area contributed by atoms with Crippen molar-refractivity contribution in [2.24, 2.45) is 10.5 Å². The van der Waals surface area contributed by atoms with Gasteiger partial charge in [-0.15, -0.1) is 5.01 Å². The van der Waals surface area contributed by atoms with Gasteiger partial charge in [-0.2, -0.15) is 10.2 Å². The molecule has 1 aliphatic heterocycles. The summed E-state index contributed by atoms with van der Waals surface area (Å²) in [6, 6.07) is 1.61. The zero-order valence-electron chi connectivity index (χ0n) is 13.3. The minimum Gasteiger partial charge on any atom is -0.442 e. The number of aliphatic hydroxyl groups excluding tert-OH is 1. The minimum atomic E-state index is -0.992. The van der Waals surface area contributed by atoms with Crippen LogP contribution in [0.3, 0.4) is 0 Å². The van der Waals surface area contributed by atoms with Crippen molar-refractivity contribution in [3.05, 3.63) is 12.3 Å². The fraction of sp³-hybridized carbons (Fsp3) is 0.643. The van der Waals surface area contributed by atoms with E-state index in [4.69, 9.17) is 4.74 Å². The van der Waals surface area contributed by atoms with Crippen molar-refractivity contribution in [3.8, 4) is 0 Å². The Balaban J connectivity index is 2.44. The van der Waals surface area contributed by atoms with Gasteiger partial charge in [0, 0.05) is 11.5 Å². The lowest BCUT2D eigenvalue weighted by Crippen LogP contribution is -2.43. The molecule has 0 aliphatic carbocycles. The Hall–Kier alpha value is -1.89. The van der Waals surface area contributed by atoms with Gasteiger partial charge in [-0.05, 0) is 20.8 Å². The number of aliphatic hydroxyl groups is 1. The van der Waals surface area contributed by atoms with Crippen LogP contribution >= 0.6 is 0 Å². The molecular weight excluding hydrogens is 272 g/mol. The summed E-state index contributed by atoms with van der Waals surface area (Å²) in [5.41, 5.74) is -0.594. The third kappa shape index (κ3) is 3.07. The van der Waals surface area contributed by atoms with Gasteiger partial charge in [0.1, 0.15) is 5.60 Å². The highest BCUT2D eigenvalue weighted by Crippen LogP contribution is 2.32. The second-order valence-electron chi connectivity index (χ2n) is 7.04. The fourth-order valence-corrected chi connectivity index (χ4v) is 1.97. The molecule has 116 valence electrons. The van der Waals surface area contributed by atoms with Crippen LogP contribution in [-0.4, -0.2) is 32.3 Å². The summed E-state index contributed by atoms with van der Waals surface area (Å²) < 4.78 is 6.72. The van der Waals surface area contributed by atoms with Gasteiger partial charge in [0.05, 0.1) is 11.9 Å². The second kappa shape index (κ2) is 4.84. The summed E-state index contributed by atoms with van der Waals surface area (Å²) >= 11 is 0. The van der Waals surface area contributed by atoms with Crippen LogP contribution in [0.5, 0.6) is 0 Å². The first-order valence-electron chi connectivity index (χ1n) is 6.84. The molecule has 0 saturated carbocycles. The van der Waals surface area contributed by atoms with Crippen LogP contribution in [0.4, 0.5) is 10.6 Å². The molecule has 1 N–H and O–H groups in total. The smallest absolute Gasteiger partial charge is 0.437 e. The summed E-state index contributed by atoms with van der Waals surface area (Å²) in [7, 11) is 0. The maximum Gasteiger partial charge on any atom is 0.437 e. The molecule has 1 amide bonds. The van der Waals surface area contributed by atoms with Crippen LogP contribution in [0, 0.1) is 5.41 Å². The molecule has 2 rings (SSSR count). The van der Waals surface area contributed by atoms with Gasteiger partial charge in [-0.1, -0.05) is 20.8 Å². The lowest BCUT2D eigenvalue weighted by atomic mass is 9.88. The van der Waals surface area contributed by atoms with Gasteiger partial charge in [-0.3, -0.25) is 0 Å². The first kappa shape index (κ1) is 15.5. The Kier molecular flexibility index (Phi) is 3.57. The lowest BCUT2D eigenvalue weighted by Gasteiger charge is -2.34. The summed E-state index contributed by atoms with van der Waals surface area (Å²) in [5, 5.41) is 19.9. The predicted molar refractivity (Wildman–Crippen MR) is 79.1 cm³/mol. The second-order valence-corrected chi connectivity index (χ2v) is 7.04. The molecule has 1 aromatic rings. The van der Waals surface area contributed by atoms with Gasteiger partial charge in [0.25, 0.3) is 0 Å². The normalized spacial score (nSPS) is 19.1. The van der Waals surface area contributed by atoms with Gasteiger partial charge in [-0.25, -0.2) is 9.48 Å². The van der Waals surface area contributed by atoms with Gasteiger partial charge >= 0.3 is 6.09 Å². The molecule has 1 aliphatic rings. The summed E-state index contributed by atoms with van der Waals surface area (Å²) in [6.45, 7) is 11.1. The minimum absolute atomic E-state index is 0.379. The van der Waals surface area contributed by atoms with Crippen molar-refractivity contribution >= 4 is 17.6 Å². The number of carbonyl (C=O) groups is 1. The molecule has 7 nitrogen and oxygen atoms in total. The van der Waals surface area contributed by atoms with E-state index in [-0.39, 0.29) is 0 Å². The largest absolute Gasteiger partial charge is 0.442 e. The Morgan fingerprint density at radius 2 is 1.90 bits per heavy atom. The Morgan fingerprint density at radius 3 is 2.43 bits per heavy atom. The lowest BCUT2D eigenvalue weighted by molar-refractivity contribution is 0.0566. The van der Waals surface area contributed by atoms with Crippen molar-refractivity contribution < 1.29 is 14.6 Å². The Labute approximate surface area is 124 Å². The van der Waals surface area contributed by atoms with Crippen molar-refractivity contribution in [2.45, 2.75) is 53.4 Å². The zero-order chi connectivity index (χ0) is 16.0. The van der Waals surface area contributed by atoms with E-state index in [1.54, 1.807) is 26.8 Å². The molecule has 1 aromatic heterocycles. The molecule has 0 fully saturated rings. The van der Waals surface area contributed by atoms with Crippen molar-refractivity contribution in [3.63, 3.8) is 0 Å². The molecule has 7 heteroatoms. The molecule has 0 saturated heterocycles. The number of amides is 1. The number of hydrogen-bond donors (Lipinski definition) is 1. The molecule has 0 radical (unpaired) electrons. The number of hydrogen-bond acceptors (Lipinski definition) is 5. The van der Waals surface area contributed by atoms with Gasteiger partial charge in [0.2, 0.25) is 0 Å². The van der Waals surface area contributed by atoms with Crippen LogP contribution in [0.25, 0.3) is 0 Å². The topological polar surface area (TPSA) is 80.0 Å². The number of fused-ring (bicyclic) bond motifs is 1. The average Bonchev–Trinajstić information content (AvgIpc) is 2.74. The standard InChI is InChI=1S/C14H22N4O3/c1-13(2,3)10-11(19)17-9(7-8-15-17)18(16-10)12(20)21-14(4,5)6/h7-8,11,19H,1-6H3. The van der Waals surface area contributed by atoms with E-state index in [2.05, 4.69) is 10.2 Å². The summed E-state index contributed by atoms with van der Waals surface area (Å²) in [5.74, 6) is 0.379. The number of rotatable bonds is 0. The van der Waals surface area contributed by atoms with Crippen molar-refractivity contribution in [2.75, 3.05) is 5.01 Å². The fourth-order valence-electron chi connectivity index (χ4n) is 1.97. The molecule has 0 aromatic carbocycles. The first-order chi connectivity index (χ1) is 9.50. The van der Waals surface area contributed by atoms with Crippen molar-refractivity contribution in [1.82, 2.24) is 9.78 Å². The summed E-state index contributed by atoms with van der Waals surface area (Å²) in [6.07, 6.45) is -0.0802. The number of nitrogens with zero attached hydrogens (tertiary/aromatic N) is 4. The number of aromatic nitrogens is 2. The number of anilines is 1. The summed E-state index contributed by atoms with van der Waals surface area (Å²) in [4.78, 5) is 12.3. The maximum atomic E-state index is 12.3. The third-order valence-electron chi connectivity index (χ3n) is 2.89. The third-order valence-corrected chi connectivity index (χ3v) is 2.89. The SMILES string of the molecule is CC(C)(C)OC(=O)N1N=C(C(C)(C)C)C(O)n2nccc21. The van der Waals surface area contributed by atoms with Crippen LogP contribution in [0.15, 0.2) is 17.4 Å². The monoisotopic (exact) mass is 294 g/mol. The Morgan fingerprint density at radius 1 is 1.29 bits per heavy atom. The van der Waals surface area contributed by atoms with E-state index in [0.29, 0.717) is 11.5 Å². The van der Waals surface area contributed by atoms with E-state index >= 15 is 0 Å². The molecule has 0 bridgehead atoms. The first-order valence-corrected chi connectivity index (χ1v) is 6.84. The van der Waals surface area contributed by atoms with Gasteiger partial charge in [0.15, 0.2) is 12.0 Å². The van der Waals surface area contributed by atoms with Gasteiger partial charge < -0.3 is 9.84 Å². The number of hydrazone groups is 1. The van der Waals surface area contributed by atoms with E-state index in [9.17, 15) is 9.90 Å². The van der Waals surface area contributed by atoms with E-state index in [0.717, 1.165) is 5.01 Å². The zero-order valence-corrected chi connectivity index (χ0v) is 13.3. The Bertz CT molecular complexity index is 578. The van der Waals surface area contributed by atoms with E-state index in [1.807, 2.05) is 20.8 Å².